The van der Waals surface area contributed by atoms with Crippen LogP contribution in [0.1, 0.15) is 28.2 Å². The molecule has 128 valence electrons. The van der Waals surface area contributed by atoms with Crippen LogP contribution in [0.5, 0.6) is 0 Å². The lowest BCUT2D eigenvalue weighted by molar-refractivity contribution is -0.125. The zero-order valence-electron chi connectivity index (χ0n) is 13.7. The van der Waals surface area contributed by atoms with Crippen LogP contribution in [-0.2, 0) is 4.79 Å². The first-order valence-corrected chi connectivity index (χ1v) is 9.93. The van der Waals surface area contributed by atoms with Crippen molar-refractivity contribution in [1.82, 2.24) is 15.2 Å². The van der Waals surface area contributed by atoms with E-state index in [1.165, 1.54) is 4.21 Å². The summed E-state index contributed by atoms with van der Waals surface area (Å²) < 4.78 is 1.18. The molecule has 1 fully saturated rings. The topological polar surface area (TPSA) is 65.0 Å². The quantitative estimate of drug-likeness (QED) is 0.805. The third-order valence-electron chi connectivity index (χ3n) is 4.89. The standard InChI is InChI=1S/C16H20N4O2S2/c1-9(21)12-7-10-13-11(8-23-16(10)24-12)14(18-17-13)15(22)20-5-3-19(2)4-6-20/h7,11,13,17H,3-6,8H2,1-2H3. The summed E-state index contributed by atoms with van der Waals surface area (Å²) in [5, 5.41) is 4.40. The van der Waals surface area contributed by atoms with Crippen molar-refractivity contribution in [3.63, 3.8) is 0 Å². The summed E-state index contributed by atoms with van der Waals surface area (Å²) in [7, 11) is 2.08. The summed E-state index contributed by atoms with van der Waals surface area (Å²) >= 11 is 3.29. The molecular formula is C16H20N4O2S2. The van der Waals surface area contributed by atoms with Gasteiger partial charge in [-0.05, 0) is 20.0 Å². The molecule has 4 heterocycles. The molecule has 1 aromatic rings. The monoisotopic (exact) mass is 364 g/mol. The number of rotatable bonds is 2. The fourth-order valence-corrected chi connectivity index (χ4v) is 5.94. The summed E-state index contributed by atoms with van der Waals surface area (Å²) in [6.07, 6.45) is 0. The molecule has 3 aliphatic heterocycles. The fraction of sp³-hybridized carbons (Fsp3) is 0.562. The lowest BCUT2D eigenvalue weighted by Crippen LogP contribution is -2.50. The predicted molar refractivity (Wildman–Crippen MR) is 95.9 cm³/mol. The molecule has 0 saturated carbocycles. The number of fused-ring (bicyclic) bond motifs is 3. The molecule has 1 N–H and O–H groups in total. The molecule has 1 aromatic heterocycles. The van der Waals surface area contributed by atoms with E-state index >= 15 is 0 Å². The first-order chi connectivity index (χ1) is 11.5. The van der Waals surface area contributed by atoms with Crippen molar-refractivity contribution in [2.24, 2.45) is 11.0 Å². The van der Waals surface area contributed by atoms with Crippen molar-refractivity contribution >= 4 is 40.5 Å². The molecule has 4 rings (SSSR count). The van der Waals surface area contributed by atoms with Gasteiger partial charge in [0.15, 0.2) is 5.78 Å². The first kappa shape index (κ1) is 16.1. The van der Waals surface area contributed by atoms with E-state index in [9.17, 15) is 9.59 Å². The average molecular weight is 364 g/mol. The highest BCUT2D eigenvalue weighted by Gasteiger charge is 2.43. The first-order valence-electron chi connectivity index (χ1n) is 8.13. The Morgan fingerprint density at radius 1 is 1.29 bits per heavy atom. The highest BCUT2D eigenvalue weighted by molar-refractivity contribution is 8.01. The van der Waals surface area contributed by atoms with E-state index in [1.54, 1.807) is 30.0 Å². The Kier molecular flexibility index (Phi) is 4.14. The molecule has 1 saturated heterocycles. The third kappa shape index (κ3) is 2.66. The number of thioether (sulfide) groups is 1. The van der Waals surface area contributed by atoms with Gasteiger partial charge >= 0.3 is 0 Å². The average Bonchev–Trinajstić information content (AvgIpc) is 3.18. The number of hydrazone groups is 1. The minimum atomic E-state index is 0.0250. The Balaban J connectivity index is 1.53. The number of piperazine rings is 1. The maximum absolute atomic E-state index is 12.9. The van der Waals surface area contributed by atoms with Gasteiger partial charge in [0.25, 0.3) is 5.91 Å². The largest absolute Gasteiger partial charge is 0.335 e. The Morgan fingerprint density at radius 2 is 2.04 bits per heavy atom. The summed E-state index contributed by atoms with van der Waals surface area (Å²) in [5.41, 5.74) is 4.93. The molecule has 1 amide bonds. The van der Waals surface area contributed by atoms with Crippen LogP contribution in [0, 0.1) is 5.92 Å². The van der Waals surface area contributed by atoms with E-state index in [0.29, 0.717) is 5.71 Å². The summed E-state index contributed by atoms with van der Waals surface area (Å²) in [5.74, 6) is 1.08. The number of ketones is 1. The number of hydrogen-bond donors (Lipinski definition) is 1. The van der Waals surface area contributed by atoms with E-state index in [0.717, 1.165) is 42.4 Å². The number of hydrogen-bond acceptors (Lipinski definition) is 7. The summed E-state index contributed by atoms with van der Waals surface area (Å²) in [6, 6.07) is 2.00. The van der Waals surface area contributed by atoms with Gasteiger partial charge in [-0.3, -0.25) is 9.59 Å². The zero-order chi connectivity index (χ0) is 16.8. The van der Waals surface area contributed by atoms with Gasteiger partial charge in [0, 0.05) is 43.4 Å². The Labute approximate surface area is 149 Å². The molecular weight excluding hydrogens is 344 g/mol. The smallest absolute Gasteiger partial charge is 0.270 e. The van der Waals surface area contributed by atoms with Crippen molar-refractivity contribution in [3.05, 3.63) is 16.5 Å². The van der Waals surface area contributed by atoms with Crippen molar-refractivity contribution in [2.45, 2.75) is 17.2 Å². The lowest BCUT2D eigenvalue weighted by atomic mass is 9.92. The van der Waals surface area contributed by atoms with Crippen molar-refractivity contribution in [2.75, 3.05) is 39.0 Å². The van der Waals surface area contributed by atoms with E-state index in [2.05, 4.69) is 22.5 Å². The second-order valence-electron chi connectivity index (χ2n) is 6.53. The lowest BCUT2D eigenvalue weighted by Gasteiger charge is -2.33. The summed E-state index contributed by atoms with van der Waals surface area (Å²) in [4.78, 5) is 29.4. The van der Waals surface area contributed by atoms with Crippen LogP contribution in [0.25, 0.3) is 0 Å². The van der Waals surface area contributed by atoms with Gasteiger partial charge in [-0.25, -0.2) is 0 Å². The minimum absolute atomic E-state index is 0.0250. The van der Waals surface area contributed by atoms with E-state index < -0.39 is 0 Å². The number of nitrogens with zero attached hydrogens (tertiary/aromatic N) is 3. The van der Waals surface area contributed by atoms with Crippen LogP contribution in [0.15, 0.2) is 15.4 Å². The molecule has 6 nitrogen and oxygen atoms in total. The van der Waals surface area contributed by atoms with Crippen molar-refractivity contribution < 1.29 is 9.59 Å². The molecule has 2 unspecified atom stereocenters. The highest BCUT2D eigenvalue weighted by Crippen LogP contribution is 2.46. The Bertz CT molecular complexity index is 722. The van der Waals surface area contributed by atoms with Crippen LogP contribution in [0.2, 0.25) is 0 Å². The molecule has 0 aliphatic carbocycles. The van der Waals surface area contributed by atoms with Gasteiger partial charge in [-0.15, -0.1) is 23.1 Å². The number of amides is 1. The Hall–Kier alpha value is -1.38. The number of Topliss-reactive ketones (excluding diaryl/α,β-unsaturated/α-hetero) is 1. The maximum atomic E-state index is 12.9. The molecule has 0 spiro atoms. The SMILES string of the molecule is CC(=O)c1cc2c(s1)SCC1C(C(=O)N3CCN(C)CC3)=NNC21. The van der Waals surface area contributed by atoms with Crippen LogP contribution in [0.4, 0.5) is 0 Å². The minimum Gasteiger partial charge on any atom is -0.335 e. The normalized spacial score (nSPS) is 26.4. The number of likely N-dealkylation sites (N-methyl/N-ethyl adjacent to an activating group) is 1. The third-order valence-corrected chi connectivity index (χ3v) is 7.56. The van der Waals surface area contributed by atoms with Crippen molar-refractivity contribution in [3.8, 4) is 0 Å². The van der Waals surface area contributed by atoms with E-state index in [4.69, 9.17) is 0 Å². The van der Waals surface area contributed by atoms with Gasteiger partial charge in [0.05, 0.1) is 15.1 Å². The zero-order valence-corrected chi connectivity index (χ0v) is 15.4. The highest BCUT2D eigenvalue weighted by atomic mass is 32.2. The number of thiophene rings is 1. The van der Waals surface area contributed by atoms with Gasteiger partial charge in [-0.2, -0.15) is 5.10 Å². The molecule has 24 heavy (non-hydrogen) atoms. The molecule has 2 atom stereocenters. The fourth-order valence-electron chi connectivity index (χ4n) is 3.37. The van der Waals surface area contributed by atoms with Crippen LogP contribution in [-0.4, -0.2) is 66.2 Å². The van der Waals surface area contributed by atoms with Crippen LogP contribution < -0.4 is 5.43 Å². The Morgan fingerprint density at radius 3 is 2.75 bits per heavy atom. The van der Waals surface area contributed by atoms with Gasteiger partial charge in [0.2, 0.25) is 0 Å². The van der Waals surface area contributed by atoms with Crippen LogP contribution in [0.3, 0.4) is 0 Å². The van der Waals surface area contributed by atoms with Gasteiger partial charge in [-0.1, -0.05) is 0 Å². The van der Waals surface area contributed by atoms with Gasteiger partial charge in [0.1, 0.15) is 5.71 Å². The number of nitrogens with one attached hydrogen (secondary N) is 1. The van der Waals surface area contributed by atoms with E-state index in [-0.39, 0.29) is 23.7 Å². The molecule has 8 heteroatoms. The second kappa shape index (κ2) is 6.16. The van der Waals surface area contributed by atoms with Crippen LogP contribution >= 0.6 is 23.1 Å². The predicted octanol–water partition coefficient (Wildman–Crippen LogP) is 1.45. The maximum Gasteiger partial charge on any atom is 0.270 e. The molecule has 0 radical (unpaired) electrons. The molecule has 3 aliphatic rings. The second-order valence-corrected chi connectivity index (χ2v) is 8.87. The number of carbonyl (C=O) groups is 2. The van der Waals surface area contributed by atoms with Crippen molar-refractivity contribution in [1.29, 1.82) is 0 Å². The molecule has 0 aromatic carbocycles. The van der Waals surface area contributed by atoms with Gasteiger partial charge < -0.3 is 15.2 Å². The molecule has 0 bridgehead atoms. The summed E-state index contributed by atoms with van der Waals surface area (Å²) in [6.45, 7) is 4.94. The van der Waals surface area contributed by atoms with E-state index in [1.807, 2.05) is 11.0 Å². The number of carbonyl (C=O) groups excluding carboxylic acids is 2.